The molecule has 1 aromatic rings. The van der Waals surface area contributed by atoms with Gasteiger partial charge in [0.15, 0.2) is 0 Å². The van der Waals surface area contributed by atoms with E-state index in [1.54, 1.807) is 6.08 Å². The molecule has 1 aromatic carbocycles. The summed E-state index contributed by atoms with van der Waals surface area (Å²) in [7, 11) is 0. The van der Waals surface area contributed by atoms with E-state index >= 15 is 0 Å². The first-order valence-corrected chi connectivity index (χ1v) is 5.59. The molecule has 0 unspecified atom stereocenters. The fraction of sp³-hybridized carbons (Fsp3) is 0.357. The van der Waals surface area contributed by atoms with Crippen LogP contribution in [0, 0.1) is 5.41 Å². The molecular formula is C14H16O2. The molecule has 16 heavy (non-hydrogen) atoms. The second kappa shape index (κ2) is 4.52. The van der Waals surface area contributed by atoms with Gasteiger partial charge in [-0.15, -0.1) is 6.58 Å². The molecule has 1 fully saturated rings. The van der Waals surface area contributed by atoms with Gasteiger partial charge in [0.1, 0.15) is 6.61 Å². The van der Waals surface area contributed by atoms with Crippen molar-refractivity contribution < 1.29 is 9.53 Å². The van der Waals surface area contributed by atoms with Crippen LogP contribution in [0.25, 0.3) is 0 Å². The van der Waals surface area contributed by atoms with E-state index < -0.39 is 0 Å². The number of hydrogen-bond acceptors (Lipinski definition) is 2. The van der Waals surface area contributed by atoms with Gasteiger partial charge in [-0.2, -0.15) is 0 Å². The van der Waals surface area contributed by atoms with Crippen molar-refractivity contribution >= 4 is 5.97 Å². The molecule has 0 atom stereocenters. The molecular weight excluding hydrogens is 200 g/mol. The standard InChI is InChI=1S/C14H16O2/c1-2-8-14(9-10-14)13(15)16-11-12-6-4-3-5-7-12/h2-7H,1,8-11H2. The number of hydrogen-bond donors (Lipinski definition) is 0. The van der Waals surface area contributed by atoms with Crippen LogP contribution in [0.3, 0.4) is 0 Å². The molecule has 1 aliphatic carbocycles. The van der Waals surface area contributed by atoms with Gasteiger partial charge in [0.05, 0.1) is 5.41 Å². The molecule has 0 N–H and O–H groups in total. The number of carbonyl (C=O) groups is 1. The van der Waals surface area contributed by atoms with Gasteiger partial charge in [-0.25, -0.2) is 0 Å². The van der Waals surface area contributed by atoms with Crippen LogP contribution in [0.2, 0.25) is 0 Å². The van der Waals surface area contributed by atoms with Crippen molar-refractivity contribution in [2.24, 2.45) is 5.41 Å². The first-order chi connectivity index (χ1) is 7.77. The Balaban J connectivity index is 1.87. The lowest BCUT2D eigenvalue weighted by atomic mass is 10.0. The summed E-state index contributed by atoms with van der Waals surface area (Å²) in [6, 6.07) is 9.76. The van der Waals surface area contributed by atoms with Crippen LogP contribution in [0.5, 0.6) is 0 Å². The summed E-state index contributed by atoms with van der Waals surface area (Å²) >= 11 is 0. The molecule has 2 rings (SSSR count). The monoisotopic (exact) mass is 216 g/mol. The highest BCUT2D eigenvalue weighted by molar-refractivity contribution is 5.80. The molecule has 0 amide bonds. The molecule has 0 radical (unpaired) electrons. The smallest absolute Gasteiger partial charge is 0.312 e. The van der Waals surface area contributed by atoms with Gasteiger partial charge in [0.25, 0.3) is 0 Å². The molecule has 0 bridgehead atoms. The molecule has 0 aromatic heterocycles. The van der Waals surface area contributed by atoms with Gasteiger partial charge in [-0.05, 0) is 24.8 Å². The fourth-order valence-electron chi connectivity index (χ4n) is 1.79. The number of ether oxygens (including phenoxy) is 1. The molecule has 0 saturated heterocycles. The van der Waals surface area contributed by atoms with Crippen molar-refractivity contribution in [3.05, 3.63) is 48.6 Å². The second-order valence-electron chi connectivity index (χ2n) is 4.33. The first-order valence-electron chi connectivity index (χ1n) is 5.59. The van der Waals surface area contributed by atoms with Crippen LogP contribution in [0.15, 0.2) is 43.0 Å². The van der Waals surface area contributed by atoms with E-state index in [0.717, 1.165) is 24.8 Å². The predicted octanol–water partition coefficient (Wildman–Crippen LogP) is 3.09. The minimum absolute atomic E-state index is 0.0729. The number of esters is 1. The highest BCUT2D eigenvalue weighted by Crippen LogP contribution is 2.50. The van der Waals surface area contributed by atoms with Crippen molar-refractivity contribution in [1.29, 1.82) is 0 Å². The minimum atomic E-state index is -0.240. The topological polar surface area (TPSA) is 26.3 Å². The molecule has 1 saturated carbocycles. The summed E-state index contributed by atoms with van der Waals surface area (Å²) in [5.41, 5.74) is 0.793. The molecule has 2 heteroatoms. The normalized spacial score (nSPS) is 16.5. The van der Waals surface area contributed by atoms with Crippen molar-refractivity contribution in [3.8, 4) is 0 Å². The first kappa shape index (κ1) is 10.9. The van der Waals surface area contributed by atoms with Crippen LogP contribution < -0.4 is 0 Å². The number of benzene rings is 1. The largest absolute Gasteiger partial charge is 0.460 e. The zero-order valence-corrected chi connectivity index (χ0v) is 9.32. The maximum Gasteiger partial charge on any atom is 0.312 e. The van der Waals surface area contributed by atoms with E-state index in [1.807, 2.05) is 30.3 Å². The Morgan fingerprint density at radius 3 is 2.62 bits per heavy atom. The molecule has 84 valence electrons. The van der Waals surface area contributed by atoms with Gasteiger partial charge in [0, 0.05) is 0 Å². The van der Waals surface area contributed by atoms with E-state index in [2.05, 4.69) is 6.58 Å². The highest BCUT2D eigenvalue weighted by atomic mass is 16.5. The highest BCUT2D eigenvalue weighted by Gasteiger charge is 2.50. The van der Waals surface area contributed by atoms with E-state index in [-0.39, 0.29) is 11.4 Å². The third-order valence-electron chi connectivity index (χ3n) is 3.03. The van der Waals surface area contributed by atoms with E-state index in [1.165, 1.54) is 0 Å². The molecule has 2 nitrogen and oxygen atoms in total. The maximum absolute atomic E-state index is 11.8. The number of allylic oxidation sites excluding steroid dienone is 1. The van der Waals surface area contributed by atoms with Gasteiger partial charge >= 0.3 is 5.97 Å². The summed E-state index contributed by atoms with van der Waals surface area (Å²) < 4.78 is 5.32. The maximum atomic E-state index is 11.8. The Morgan fingerprint density at radius 1 is 1.38 bits per heavy atom. The van der Waals surface area contributed by atoms with Gasteiger partial charge < -0.3 is 4.74 Å². The van der Waals surface area contributed by atoms with Crippen LogP contribution in [-0.2, 0) is 16.1 Å². The summed E-state index contributed by atoms with van der Waals surface area (Å²) in [6.07, 6.45) is 4.41. The lowest BCUT2D eigenvalue weighted by Crippen LogP contribution is -2.18. The van der Waals surface area contributed by atoms with Crippen molar-refractivity contribution in [2.75, 3.05) is 0 Å². The van der Waals surface area contributed by atoms with Crippen LogP contribution in [-0.4, -0.2) is 5.97 Å². The van der Waals surface area contributed by atoms with Gasteiger partial charge in [-0.1, -0.05) is 36.4 Å². The predicted molar refractivity (Wildman–Crippen MR) is 62.7 cm³/mol. The van der Waals surface area contributed by atoms with Crippen molar-refractivity contribution in [2.45, 2.75) is 25.9 Å². The van der Waals surface area contributed by atoms with E-state index in [9.17, 15) is 4.79 Å². The third kappa shape index (κ3) is 2.32. The summed E-state index contributed by atoms with van der Waals surface area (Å²) in [5.74, 6) is -0.0729. The average molecular weight is 216 g/mol. The fourth-order valence-corrected chi connectivity index (χ4v) is 1.79. The Kier molecular flexibility index (Phi) is 3.09. The Hall–Kier alpha value is -1.57. The van der Waals surface area contributed by atoms with Gasteiger partial charge in [0.2, 0.25) is 0 Å². The van der Waals surface area contributed by atoms with Gasteiger partial charge in [-0.3, -0.25) is 4.79 Å². The van der Waals surface area contributed by atoms with Crippen molar-refractivity contribution in [1.82, 2.24) is 0 Å². The number of rotatable bonds is 5. The van der Waals surface area contributed by atoms with Crippen molar-refractivity contribution in [3.63, 3.8) is 0 Å². The summed E-state index contributed by atoms with van der Waals surface area (Å²) in [5, 5.41) is 0. The zero-order chi connectivity index (χ0) is 11.4. The molecule has 0 heterocycles. The SMILES string of the molecule is C=CCC1(C(=O)OCc2ccccc2)CC1. The molecule has 0 aliphatic heterocycles. The summed E-state index contributed by atoms with van der Waals surface area (Å²) in [6.45, 7) is 4.05. The second-order valence-corrected chi connectivity index (χ2v) is 4.33. The van der Waals surface area contributed by atoms with Crippen LogP contribution in [0.4, 0.5) is 0 Å². The van der Waals surface area contributed by atoms with E-state index in [4.69, 9.17) is 4.74 Å². The molecule has 1 aliphatic rings. The Bertz CT molecular complexity index is 377. The Morgan fingerprint density at radius 2 is 2.06 bits per heavy atom. The average Bonchev–Trinajstić information content (AvgIpc) is 3.09. The lowest BCUT2D eigenvalue weighted by molar-refractivity contribution is -0.151. The zero-order valence-electron chi connectivity index (χ0n) is 9.32. The molecule has 0 spiro atoms. The quantitative estimate of drug-likeness (QED) is 0.558. The third-order valence-corrected chi connectivity index (χ3v) is 3.03. The lowest BCUT2D eigenvalue weighted by Gasteiger charge is -2.12. The number of carbonyl (C=O) groups excluding carboxylic acids is 1. The summed E-state index contributed by atoms with van der Waals surface area (Å²) in [4.78, 5) is 11.8. The Labute approximate surface area is 95.9 Å². The minimum Gasteiger partial charge on any atom is -0.460 e. The van der Waals surface area contributed by atoms with Crippen LogP contribution >= 0.6 is 0 Å². The van der Waals surface area contributed by atoms with E-state index in [0.29, 0.717) is 6.61 Å². The van der Waals surface area contributed by atoms with Crippen LogP contribution in [0.1, 0.15) is 24.8 Å².